The van der Waals surface area contributed by atoms with Gasteiger partial charge in [0.05, 0.1) is 0 Å². The summed E-state index contributed by atoms with van der Waals surface area (Å²) in [6.45, 7) is 4.59. The number of hydrogen-bond donors (Lipinski definition) is 2. The van der Waals surface area contributed by atoms with Gasteiger partial charge in [-0.15, -0.1) is 24.0 Å². The molecule has 158 valence electrons. The third kappa shape index (κ3) is 7.35. The third-order valence-electron chi connectivity index (χ3n) is 6.89. The van der Waals surface area contributed by atoms with Crippen LogP contribution in [-0.2, 0) is 0 Å². The SMILES string of the molecule is CN=C(NCCN(C)C1CCCC1)NC1CCN(C2CCCCC2)CC1.I. The summed E-state index contributed by atoms with van der Waals surface area (Å²) in [6.07, 6.45) is 15.3. The lowest BCUT2D eigenvalue weighted by Gasteiger charge is -2.39. The van der Waals surface area contributed by atoms with Crippen molar-refractivity contribution in [3.63, 3.8) is 0 Å². The number of nitrogens with one attached hydrogen (secondary N) is 2. The van der Waals surface area contributed by atoms with Gasteiger partial charge in [0.15, 0.2) is 5.96 Å². The fraction of sp³-hybridized carbons (Fsp3) is 0.952. The van der Waals surface area contributed by atoms with Crippen LogP contribution in [0.4, 0.5) is 0 Å². The molecule has 2 N–H and O–H groups in total. The highest BCUT2D eigenvalue weighted by Crippen LogP contribution is 2.25. The standard InChI is InChI=1S/C21H41N5.HI/c1-22-21(23-14-17-25(2)19-8-6-7-9-19)24-18-12-15-26(16-13-18)20-10-4-3-5-11-20;/h18-20H,3-17H2,1-2H3,(H2,22,23,24);1H. The van der Waals surface area contributed by atoms with Gasteiger partial charge in [0.1, 0.15) is 0 Å². The first kappa shape index (κ1) is 23.2. The summed E-state index contributed by atoms with van der Waals surface area (Å²) in [7, 11) is 4.17. The lowest BCUT2D eigenvalue weighted by Crippen LogP contribution is -2.51. The maximum Gasteiger partial charge on any atom is 0.191 e. The van der Waals surface area contributed by atoms with E-state index < -0.39 is 0 Å². The number of halogens is 1. The van der Waals surface area contributed by atoms with E-state index in [1.165, 1.54) is 83.7 Å². The Morgan fingerprint density at radius 3 is 2.22 bits per heavy atom. The van der Waals surface area contributed by atoms with E-state index in [-0.39, 0.29) is 24.0 Å². The lowest BCUT2D eigenvalue weighted by molar-refractivity contribution is 0.119. The molecule has 2 saturated carbocycles. The van der Waals surface area contributed by atoms with E-state index in [9.17, 15) is 0 Å². The van der Waals surface area contributed by atoms with Crippen molar-refractivity contribution in [3.05, 3.63) is 0 Å². The first-order chi connectivity index (χ1) is 12.8. The molecule has 3 fully saturated rings. The predicted octanol–water partition coefficient (Wildman–Crippen LogP) is 3.44. The normalized spacial score (nSPS) is 24.2. The van der Waals surface area contributed by atoms with Crippen molar-refractivity contribution in [2.45, 2.75) is 88.8 Å². The molecule has 6 heteroatoms. The molecule has 2 aliphatic carbocycles. The summed E-state index contributed by atoms with van der Waals surface area (Å²) in [5.74, 6) is 0.987. The third-order valence-corrected chi connectivity index (χ3v) is 6.89. The Morgan fingerprint density at radius 2 is 1.59 bits per heavy atom. The number of aliphatic imine (C=N–C) groups is 1. The van der Waals surface area contributed by atoms with Crippen LogP contribution in [0.15, 0.2) is 4.99 Å². The molecule has 0 aromatic carbocycles. The van der Waals surface area contributed by atoms with Crippen LogP contribution in [0.1, 0.15) is 70.6 Å². The molecule has 27 heavy (non-hydrogen) atoms. The average Bonchev–Trinajstić information content (AvgIpc) is 3.23. The fourth-order valence-electron chi connectivity index (χ4n) is 5.12. The molecular weight excluding hydrogens is 449 g/mol. The van der Waals surface area contributed by atoms with Gasteiger partial charge in [-0.3, -0.25) is 4.99 Å². The summed E-state index contributed by atoms with van der Waals surface area (Å²) in [4.78, 5) is 9.73. The van der Waals surface area contributed by atoms with E-state index in [1.807, 2.05) is 7.05 Å². The van der Waals surface area contributed by atoms with Gasteiger partial charge in [0.25, 0.3) is 0 Å². The summed E-state index contributed by atoms with van der Waals surface area (Å²) in [5, 5.41) is 7.20. The molecule has 3 aliphatic rings. The number of rotatable bonds is 6. The molecule has 0 spiro atoms. The van der Waals surface area contributed by atoms with Gasteiger partial charge in [-0.1, -0.05) is 32.1 Å². The zero-order valence-electron chi connectivity index (χ0n) is 17.6. The van der Waals surface area contributed by atoms with Gasteiger partial charge in [-0.05, 0) is 45.6 Å². The Morgan fingerprint density at radius 1 is 0.963 bits per heavy atom. The number of hydrogen-bond acceptors (Lipinski definition) is 3. The second-order valence-electron chi connectivity index (χ2n) is 8.66. The zero-order chi connectivity index (χ0) is 18.2. The molecule has 0 aromatic rings. The second kappa shape index (κ2) is 12.5. The summed E-state index contributed by atoms with van der Waals surface area (Å²) < 4.78 is 0. The van der Waals surface area contributed by atoms with Crippen molar-refractivity contribution in [1.29, 1.82) is 0 Å². The van der Waals surface area contributed by atoms with Gasteiger partial charge in [0, 0.05) is 51.4 Å². The summed E-state index contributed by atoms with van der Waals surface area (Å²) in [6, 6.07) is 2.25. The fourth-order valence-corrected chi connectivity index (χ4v) is 5.12. The Labute approximate surface area is 184 Å². The molecule has 0 atom stereocenters. The minimum atomic E-state index is 0. The first-order valence-electron chi connectivity index (χ1n) is 11.2. The molecule has 0 aromatic heterocycles. The summed E-state index contributed by atoms with van der Waals surface area (Å²) in [5.41, 5.74) is 0. The first-order valence-corrected chi connectivity index (χ1v) is 11.2. The second-order valence-corrected chi connectivity index (χ2v) is 8.66. The minimum absolute atomic E-state index is 0. The number of likely N-dealkylation sites (tertiary alicyclic amines) is 1. The van der Waals surface area contributed by atoms with Crippen molar-refractivity contribution in [2.24, 2.45) is 4.99 Å². The van der Waals surface area contributed by atoms with Gasteiger partial charge < -0.3 is 20.4 Å². The number of nitrogens with zero attached hydrogens (tertiary/aromatic N) is 3. The topological polar surface area (TPSA) is 42.9 Å². The Kier molecular flexibility index (Phi) is 10.7. The van der Waals surface area contributed by atoms with Crippen molar-refractivity contribution < 1.29 is 0 Å². The van der Waals surface area contributed by atoms with E-state index in [1.54, 1.807) is 0 Å². The maximum absolute atomic E-state index is 4.45. The van der Waals surface area contributed by atoms with Crippen LogP contribution >= 0.6 is 24.0 Å². The smallest absolute Gasteiger partial charge is 0.191 e. The largest absolute Gasteiger partial charge is 0.355 e. The highest BCUT2D eigenvalue weighted by Gasteiger charge is 2.26. The number of piperidine rings is 1. The van der Waals surface area contributed by atoms with Crippen molar-refractivity contribution in [3.8, 4) is 0 Å². The molecule has 0 radical (unpaired) electrons. The zero-order valence-corrected chi connectivity index (χ0v) is 19.9. The molecule has 0 bridgehead atoms. The van der Waals surface area contributed by atoms with Crippen LogP contribution in [0.5, 0.6) is 0 Å². The van der Waals surface area contributed by atoms with Crippen LogP contribution in [0.3, 0.4) is 0 Å². The highest BCUT2D eigenvalue weighted by atomic mass is 127. The molecule has 1 heterocycles. The molecule has 3 rings (SSSR count). The number of likely N-dealkylation sites (N-methyl/N-ethyl adjacent to an activating group) is 1. The van der Waals surface area contributed by atoms with Crippen molar-refractivity contribution in [1.82, 2.24) is 20.4 Å². The Balaban J connectivity index is 0.00000261. The van der Waals surface area contributed by atoms with E-state index in [0.717, 1.165) is 31.1 Å². The van der Waals surface area contributed by atoms with Crippen molar-refractivity contribution in [2.75, 3.05) is 40.3 Å². The maximum atomic E-state index is 4.45. The van der Waals surface area contributed by atoms with Gasteiger partial charge >= 0.3 is 0 Å². The van der Waals surface area contributed by atoms with Gasteiger partial charge in [0.2, 0.25) is 0 Å². The van der Waals surface area contributed by atoms with Crippen LogP contribution in [0, 0.1) is 0 Å². The Hall–Kier alpha value is -0.0800. The Bertz CT molecular complexity index is 424. The minimum Gasteiger partial charge on any atom is -0.355 e. The monoisotopic (exact) mass is 491 g/mol. The van der Waals surface area contributed by atoms with Crippen molar-refractivity contribution >= 4 is 29.9 Å². The summed E-state index contributed by atoms with van der Waals surface area (Å²) >= 11 is 0. The quantitative estimate of drug-likeness (QED) is 0.340. The molecule has 5 nitrogen and oxygen atoms in total. The van der Waals surface area contributed by atoms with Crippen LogP contribution < -0.4 is 10.6 Å². The molecule has 0 amide bonds. The molecule has 1 saturated heterocycles. The van der Waals surface area contributed by atoms with Gasteiger partial charge in [-0.25, -0.2) is 0 Å². The molecular formula is C21H42IN5. The highest BCUT2D eigenvalue weighted by molar-refractivity contribution is 14.0. The van der Waals surface area contributed by atoms with Crippen LogP contribution in [0.25, 0.3) is 0 Å². The van der Waals surface area contributed by atoms with Crippen LogP contribution in [-0.4, -0.2) is 74.2 Å². The lowest BCUT2D eigenvalue weighted by atomic mass is 9.92. The van der Waals surface area contributed by atoms with E-state index in [4.69, 9.17) is 0 Å². The number of guanidine groups is 1. The molecule has 0 unspecified atom stereocenters. The van der Waals surface area contributed by atoms with Crippen LogP contribution in [0.2, 0.25) is 0 Å². The van der Waals surface area contributed by atoms with Gasteiger partial charge in [-0.2, -0.15) is 0 Å². The predicted molar refractivity (Wildman–Crippen MR) is 126 cm³/mol. The van der Waals surface area contributed by atoms with E-state index >= 15 is 0 Å². The van der Waals surface area contributed by atoms with E-state index in [0.29, 0.717) is 6.04 Å². The molecule has 1 aliphatic heterocycles. The average molecular weight is 492 g/mol. The van der Waals surface area contributed by atoms with E-state index in [2.05, 4.69) is 32.5 Å².